The molecule has 0 saturated heterocycles. The van der Waals surface area contributed by atoms with Gasteiger partial charge >= 0.3 is 0 Å². The summed E-state index contributed by atoms with van der Waals surface area (Å²) in [5.74, 6) is 0.394. The van der Waals surface area contributed by atoms with Crippen LogP contribution in [0.5, 0.6) is 0 Å². The van der Waals surface area contributed by atoms with E-state index in [0.29, 0.717) is 35.0 Å². The summed E-state index contributed by atoms with van der Waals surface area (Å²) in [6.07, 6.45) is 2.55. The van der Waals surface area contributed by atoms with E-state index in [1.807, 2.05) is 0 Å². The molecule has 1 aromatic rings. The number of nitrogen functional groups attached to an aromatic ring is 1. The van der Waals surface area contributed by atoms with E-state index < -0.39 is 10.8 Å². The van der Waals surface area contributed by atoms with Crippen molar-refractivity contribution in [2.75, 3.05) is 23.1 Å². The fourth-order valence-electron chi connectivity index (χ4n) is 1.28. The van der Waals surface area contributed by atoms with Crippen LogP contribution in [-0.4, -0.2) is 22.1 Å². The van der Waals surface area contributed by atoms with Crippen LogP contribution in [0.25, 0.3) is 0 Å². The standard InChI is InChI=1S/C11H15ClN2O2S/c1-17(16)6-2-3-11(15)14-10-5-4-8(13)7-9(10)12/h4-5,7H,2-3,6,13H2,1H3,(H,14,15). The van der Waals surface area contributed by atoms with Crippen LogP contribution in [0, 0.1) is 0 Å². The number of hydrogen-bond donors (Lipinski definition) is 2. The molecule has 0 aliphatic carbocycles. The number of nitrogens with two attached hydrogens (primary N) is 1. The van der Waals surface area contributed by atoms with Gasteiger partial charge in [0.2, 0.25) is 5.91 Å². The van der Waals surface area contributed by atoms with Gasteiger partial charge in [0, 0.05) is 34.9 Å². The van der Waals surface area contributed by atoms with Crippen LogP contribution in [0.1, 0.15) is 12.8 Å². The van der Waals surface area contributed by atoms with Crippen molar-refractivity contribution in [1.82, 2.24) is 0 Å². The molecule has 1 amide bonds. The first-order valence-electron chi connectivity index (χ1n) is 5.14. The summed E-state index contributed by atoms with van der Waals surface area (Å²) >= 11 is 5.91. The van der Waals surface area contributed by atoms with Gasteiger partial charge < -0.3 is 11.1 Å². The lowest BCUT2D eigenvalue weighted by Crippen LogP contribution is -2.12. The molecule has 17 heavy (non-hydrogen) atoms. The molecule has 0 spiro atoms. The third-order valence-corrected chi connectivity index (χ3v) is 3.28. The molecule has 4 nitrogen and oxygen atoms in total. The Labute approximate surface area is 108 Å². The molecule has 0 aromatic heterocycles. The van der Waals surface area contributed by atoms with Crippen LogP contribution in [0.4, 0.5) is 11.4 Å². The molecule has 1 rings (SSSR count). The van der Waals surface area contributed by atoms with E-state index in [1.165, 1.54) is 0 Å². The van der Waals surface area contributed by atoms with Gasteiger partial charge in [-0.2, -0.15) is 0 Å². The Morgan fingerprint density at radius 2 is 2.24 bits per heavy atom. The number of anilines is 2. The molecule has 0 heterocycles. The minimum absolute atomic E-state index is 0.137. The van der Waals surface area contributed by atoms with Gasteiger partial charge in [-0.3, -0.25) is 9.00 Å². The molecule has 0 radical (unpaired) electrons. The molecular formula is C11H15ClN2O2S. The maximum absolute atomic E-state index is 11.5. The van der Waals surface area contributed by atoms with Crippen molar-refractivity contribution in [3.05, 3.63) is 23.2 Å². The molecule has 0 bridgehead atoms. The van der Waals surface area contributed by atoms with Gasteiger partial charge in [-0.05, 0) is 24.6 Å². The third kappa shape index (κ3) is 5.19. The van der Waals surface area contributed by atoms with E-state index in [1.54, 1.807) is 24.5 Å². The Morgan fingerprint density at radius 1 is 1.53 bits per heavy atom. The molecule has 0 fully saturated rings. The highest BCUT2D eigenvalue weighted by atomic mass is 35.5. The van der Waals surface area contributed by atoms with Crippen molar-refractivity contribution < 1.29 is 9.00 Å². The van der Waals surface area contributed by atoms with Crippen molar-refractivity contribution in [3.8, 4) is 0 Å². The Balaban J connectivity index is 2.48. The number of carbonyl (C=O) groups is 1. The minimum Gasteiger partial charge on any atom is -0.399 e. The van der Waals surface area contributed by atoms with Gasteiger partial charge in [-0.25, -0.2) is 0 Å². The van der Waals surface area contributed by atoms with Gasteiger partial charge in [-0.15, -0.1) is 0 Å². The highest BCUT2D eigenvalue weighted by Crippen LogP contribution is 2.24. The predicted molar refractivity (Wildman–Crippen MR) is 72.7 cm³/mol. The number of carbonyl (C=O) groups excluding carboxylic acids is 1. The topological polar surface area (TPSA) is 72.2 Å². The summed E-state index contributed by atoms with van der Waals surface area (Å²) in [5.41, 5.74) is 6.64. The van der Waals surface area contributed by atoms with E-state index >= 15 is 0 Å². The van der Waals surface area contributed by atoms with Gasteiger partial charge in [0.1, 0.15) is 0 Å². The molecule has 6 heteroatoms. The largest absolute Gasteiger partial charge is 0.399 e. The van der Waals surface area contributed by atoms with E-state index in [2.05, 4.69) is 5.32 Å². The van der Waals surface area contributed by atoms with Crippen LogP contribution < -0.4 is 11.1 Å². The molecule has 1 unspecified atom stereocenters. The average Bonchev–Trinajstić information content (AvgIpc) is 2.21. The number of amides is 1. The first kappa shape index (κ1) is 14.0. The molecule has 0 aliphatic heterocycles. The van der Waals surface area contributed by atoms with E-state index in [4.69, 9.17) is 17.3 Å². The number of benzene rings is 1. The van der Waals surface area contributed by atoms with Crippen LogP contribution in [0.2, 0.25) is 5.02 Å². The predicted octanol–water partition coefficient (Wildman–Crippen LogP) is 2.02. The Morgan fingerprint density at radius 3 is 2.82 bits per heavy atom. The second-order valence-corrected chi connectivity index (χ2v) is 5.63. The van der Waals surface area contributed by atoms with Crippen molar-refractivity contribution in [2.45, 2.75) is 12.8 Å². The first-order chi connectivity index (χ1) is 7.99. The minimum atomic E-state index is -0.859. The maximum atomic E-state index is 11.5. The van der Waals surface area contributed by atoms with Crippen molar-refractivity contribution in [2.24, 2.45) is 0 Å². The van der Waals surface area contributed by atoms with Gasteiger partial charge in [0.05, 0.1) is 10.7 Å². The lowest BCUT2D eigenvalue weighted by Gasteiger charge is -2.07. The van der Waals surface area contributed by atoms with E-state index in [0.717, 1.165) is 0 Å². The highest BCUT2D eigenvalue weighted by Gasteiger charge is 2.06. The summed E-state index contributed by atoms with van der Waals surface area (Å²) in [7, 11) is -0.859. The van der Waals surface area contributed by atoms with Gasteiger partial charge in [-0.1, -0.05) is 11.6 Å². The van der Waals surface area contributed by atoms with Crippen LogP contribution in [0.15, 0.2) is 18.2 Å². The van der Waals surface area contributed by atoms with Gasteiger partial charge in [0.25, 0.3) is 0 Å². The van der Waals surface area contributed by atoms with E-state index in [9.17, 15) is 9.00 Å². The monoisotopic (exact) mass is 274 g/mol. The fraction of sp³-hybridized carbons (Fsp3) is 0.364. The smallest absolute Gasteiger partial charge is 0.224 e. The molecule has 94 valence electrons. The second-order valence-electron chi connectivity index (χ2n) is 3.67. The number of rotatable bonds is 5. The first-order valence-corrected chi connectivity index (χ1v) is 7.24. The Bertz CT molecular complexity index is 437. The van der Waals surface area contributed by atoms with Crippen LogP contribution >= 0.6 is 11.6 Å². The molecule has 0 aliphatic rings. The lowest BCUT2D eigenvalue weighted by molar-refractivity contribution is -0.116. The molecule has 1 aromatic carbocycles. The highest BCUT2D eigenvalue weighted by molar-refractivity contribution is 7.84. The van der Waals surface area contributed by atoms with Crippen molar-refractivity contribution in [1.29, 1.82) is 0 Å². The van der Waals surface area contributed by atoms with Crippen LogP contribution in [0.3, 0.4) is 0 Å². The zero-order chi connectivity index (χ0) is 12.8. The second kappa shape index (κ2) is 6.61. The molecular weight excluding hydrogens is 260 g/mol. The van der Waals surface area contributed by atoms with Crippen LogP contribution in [-0.2, 0) is 15.6 Å². The summed E-state index contributed by atoms with van der Waals surface area (Å²) in [6, 6.07) is 4.91. The summed E-state index contributed by atoms with van der Waals surface area (Å²) in [4.78, 5) is 11.5. The number of nitrogens with one attached hydrogen (secondary N) is 1. The molecule has 0 saturated carbocycles. The van der Waals surface area contributed by atoms with Crippen molar-refractivity contribution in [3.63, 3.8) is 0 Å². The zero-order valence-corrected chi connectivity index (χ0v) is 11.1. The quantitative estimate of drug-likeness (QED) is 0.807. The maximum Gasteiger partial charge on any atom is 0.224 e. The number of halogens is 1. The SMILES string of the molecule is CS(=O)CCCC(=O)Nc1ccc(N)cc1Cl. The zero-order valence-electron chi connectivity index (χ0n) is 9.53. The Hall–Kier alpha value is -1.07. The molecule has 1 atom stereocenters. The Kier molecular flexibility index (Phi) is 5.44. The summed E-state index contributed by atoms with van der Waals surface area (Å²) in [5, 5.41) is 3.10. The third-order valence-electron chi connectivity index (χ3n) is 2.10. The average molecular weight is 275 g/mol. The van der Waals surface area contributed by atoms with E-state index in [-0.39, 0.29) is 5.91 Å². The van der Waals surface area contributed by atoms with Gasteiger partial charge in [0.15, 0.2) is 0 Å². The summed E-state index contributed by atoms with van der Waals surface area (Å²) in [6.45, 7) is 0. The lowest BCUT2D eigenvalue weighted by atomic mass is 10.2. The molecule has 3 N–H and O–H groups in total. The summed E-state index contributed by atoms with van der Waals surface area (Å²) < 4.78 is 10.8. The van der Waals surface area contributed by atoms with Crippen molar-refractivity contribution >= 4 is 39.7 Å². The fourth-order valence-corrected chi connectivity index (χ4v) is 2.07. The number of hydrogen-bond acceptors (Lipinski definition) is 3. The normalized spacial score (nSPS) is 12.1.